The van der Waals surface area contributed by atoms with Crippen LogP contribution in [0.3, 0.4) is 0 Å². The first-order valence-corrected chi connectivity index (χ1v) is 13.4. The maximum Gasteiger partial charge on any atom is 0.573 e. The number of phenols is 1. The van der Waals surface area contributed by atoms with Crippen molar-refractivity contribution in [3.63, 3.8) is 0 Å². The fraction of sp³-hybridized carbons (Fsp3) is 0.267. The number of halogens is 3. The molecule has 42 heavy (non-hydrogen) atoms. The van der Waals surface area contributed by atoms with Crippen molar-refractivity contribution < 1.29 is 32.6 Å². The first kappa shape index (κ1) is 30.1. The molecule has 4 aromatic rings. The highest BCUT2D eigenvalue weighted by atomic mass is 19.4. The number of amides is 2. The van der Waals surface area contributed by atoms with Crippen molar-refractivity contribution in [1.29, 1.82) is 0 Å². The third-order valence-electron chi connectivity index (χ3n) is 6.26. The molecule has 0 saturated carbocycles. The van der Waals surface area contributed by atoms with E-state index < -0.39 is 18.0 Å². The standard InChI is InChI=1S/C30H30F3N5O4/c1-2-3-4-5-10-26(40)34-19-20-11-13-21(14-12-20)28(41)36-29-35-27(24-8-6-7-9-25(24)39)37-38(29)22-15-17-23(18-16-22)42-30(31,32)33/h6-9,11-18,39H,2-5,10,19H2,1H3,(H,34,40)(H,35,36,37,41). The number of para-hydroxylation sites is 1. The number of phenolic OH excluding ortho intramolecular Hbond substituents is 1. The van der Waals surface area contributed by atoms with Gasteiger partial charge in [-0.1, -0.05) is 50.5 Å². The topological polar surface area (TPSA) is 118 Å². The second kappa shape index (κ2) is 13.7. The van der Waals surface area contributed by atoms with Gasteiger partial charge < -0.3 is 15.2 Å². The van der Waals surface area contributed by atoms with Crippen LogP contribution < -0.4 is 15.4 Å². The van der Waals surface area contributed by atoms with Crippen molar-refractivity contribution in [2.24, 2.45) is 0 Å². The minimum atomic E-state index is -4.85. The third-order valence-corrected chi connectivity index (χ3v) is 6.26. The van der Waals surface area contributed by atoms with Gasteiger partial charge in [0.05, 0.1) is 11.3 Å². The fourth-order valence-electron chi connectivity index (χ4n) is 4.09. The molecule has 0 aliphatic carbocycles. The van der Waals surface area contributed by atoms with E-state index in [4.69, 9.17) is 0 Å². The molecular weight excluding hydrogens is 551 g/mol. The number of carbonyl (C=O) groups excluding carboxylic acids is 2. The Labute approximate surface area is 240 Å². The molecule has 1 heterocycles. The molecule has 1 aromatic heterocycles. The van der Waals surface area contributed by atoms with Gasteiger partial charge in [-0.2, -0.15) is 9.67 Å². The van der Waals surface area contributed by atoms with Gasteiger partial charge >= 0.3 is 6.36 Å². The zero-order valence-electron chi connectivity index (χ0n) is 22.8. The molecule has 9 nitrogen and oxygen atoms in total. The lowest BCUT2D eigenvalue weighted by molar-refractivity contribution is -0.274. The van der Waals surface area contributed by atoms with Crippen LogP contribution in [-0.4, -0.2) is 38.0 Å². The van der Waals surface area contributed by atoms with Gasteiger partial charge in [0.1, 0.15) is 11.5 Å². The van der Waals surface area contributed by atoms with Crippen LogP contribution in [0.1, 0.15) is 54.9 Å². The molecular formula is C30H30F3N5O4. The van der Waals surface area contributed by atoms with Gasteiger partial charge in [-0.3, -0.25) is 14.9 Å². The van der Waals surface area contributed by atoms with E-state index in [0.717, 1.165) is 43.4 Å². The van der Waals surface area contributed by atoms with Gasteiger partial charge in [0.2, 0.25) is 11.9 Å². The molecule has 3 N–H and O–H groups in total. The van der Waals surface area contributed by atoms with E-state index in [2.05, 4.69) is 32.4 Å². The average molecular weight is 582 g/mol. The number of rotatable bonds is 12. The number of hydrogen-bond donors (Lipinski definition) is 3. The number of ether oxygens (including phenoxy) is 1. The average Bonchev–Trinajstić information content (AvgIpc) is 3.37. The molecule has 0 aliphatic heterocycles. The maximum atomic E-state index is 13.1. The van der Waals surface area contributed by atoms with Crippen LogP contribution in [0.15, 0.2) is 72.8 Å². The highest BCUT2D eigenvalue weighted by Gasteiger charge is 2.31. The van der Waals surface area contributed by atoms with Crippen LogP contribution in [-0.2, 0) is 11.3 Å². The first-order valence-electron chi connectivity index (χ1n) is 13.4. The lowest BCUT2D eigenvalue weighted by Crippen LogP contribution is -2.22. The summed E-state index contributed by atoms with van der Waals surface area (Å²) in [6.07, 6.45) is -0.297. The predicted octanol–water partition coefficient (Wildman–Crippen LogP) is 6.38. The summed E-state index contributed by atoms with van der Waals surface area (Å²) < 4.78 is 43.0. The SMILES string of the molecule is CCCCCCC(=O)NCc1ccc(C(=O)Nc2nc(-c3ccccc3O)nn2-c2ccc(OC(F)(F)F)cc2)cc1. The molecule has 12 heteroatoms. The van der Waals surface area contributed by atoms with Crippen molar-refractivity contribution in [2.45, 2.75) is 51.9 Å². The second-order valence-electron chi connectivity index (χ2n) is 9.47. The molecule has 0 fully saturated rings. The molecule has 0 bridgehead atoms. The van der Waals surface area contributed by atoms with Gasteiger partial charge in [0.15, 0.2) is 5.82 Å². The molecule has 0 aliphatic rings. The quantitative estimate of drug-likeness (QED) is 0.167. The summed E-state index contributed by atoms with van der Waals surface area (Å²) in [4.78, 5) is 29.5. The summed E-state index contributed by atoms with van der Waals surface area (Å²) in [5, 5.41) is 20.2. The molecule has 2 amide bonds. The van der Waals surface area contributed by atoms with E-state index in [-0.39, 0.29) is 29.1 Å². The molecule has 0 spiro atoms. The van der Waals surface area contributed by atoms with E-state index in [1.54, 1.807) is 42.5 Å². The summed E-state index contributed by atoms with van der Waals surface area (Å²) in [6.45, 7) is 2.45. The van der Waals surface area contributed by atoms with Gasteiger partial charge in [0.25, 0.3) is 5.91 Å². The number of anilines is 1. The summed E-state index contributed by atoms with van der Waals surface area (Å²) in [7, 11) is 0. The molecule has 3 aromatic carbocycles. The first-order chi connectivity index (χ1) is 20.1. The van der Waals surface area contributed by atoms with E-state index >= 15 is 0 Å². The molecule has 0 saturated heterocycles. The minimum Gasteiger partial charge on any atom is -0.507 e. The Morgan fingerprint density at radius 1 is 0.952 bits per heavy atom. The summed E-state index contributed by atoms with van der Waals surface area (Å²) in [5.41, 5.74) is 1.70. The number of unbranched alkanes of at least 4 members (excludes halogenated alkanes) is 3. The Morgan fingerprint density at radius 3 is 2.33 bits per heavy atom. The monoisotopic (exact) mass is 581 g/mol. The summed E-state index contributed by atoms with van der Waals surface area (Å²) >= 11 is 0. The van der Waals surface area contributed by atoms with Crippen LogP contribution in [0.25, 0.3) is 17.1 Å². The minimum absolute atomic E-state index is 0.0227. The van der Waals surface area contributed by atoms with Crippen LogP contribution in [0.2, 0.25) is 0 Å². The Bertz CT molecular complexity index is 1500. The predicted molar refractivity (Wildman–Crippen MR) is 150 cm³/mol. The molecule has 0 atom stereocenters. The van der Waals surface area contributed by atoms with Crippen LogP contribution in [0.5, 0.6) is 11.5 Å². The Hall–Kier alpha value is -4.87. The van der Waals surface area contributed by atoms with Crippen LogP contribution >= 0.6 is 0 Å². The maximum absolute atomic E-state index is 13.1. The summed E-state index contributed by atoms with van der Waals surface area (Å²) in [6, 6.07) is 17.9. The normalized spacial score (nSPS) is 11.2. The molecule has 0 unspecified atom stereocenters. The van der Waals surface area contributed by atoms with Crippen molar-refractivity contribution in [1.82, 2.24) is 20.1 Å². The number of aromatic nitrogens is 3. The van der Waals surface area contributed by atoms with Crippen molar-refractivity contribution in [3.8, 4) is 28.6 Å². The Kier molecular flexibility index (Phi) is 9.79. The van der Waals surface area contributed by atoms with E-state index in [9.17, 15) is 27.9 Å². The Balaban J connectivity index is 1.50. The fourth-order valence-corrected chi connectivity index (χ4v) is 4.09. The number of hydrogen-bond acceptors (Lipinski definition) is 6. The second-order valence-corrected chi connectivity index (χ2v) is 9.47. The molecule has 0 radical (unpaired) electrons. The molecule has 4 rings (SSSR count). The van der Waals surface area contributed by atoms with Crippen molar-refractivity contribution in [2.75, 3.05) is 5.32 Å². The van der Waals surface area contributed by atoms with E-state index in [1.807, 2.05) is 0 Å². The van der Waals surface area contributed by atoms with Crippen molar-refractivity contribution in [3.05, 3.63) is 83.9 Å². The largest absolute Gasteiger partial charge is 0.573 e. The highest BCUT2D eigenvalue weighted by Crippen LogP contribution is 2.29. The number of nitrogens with zero attached hydrogens (tertiary/aromatic N) is 3. The van der Waals surface area contributed by atoms with Gasteiger partial charge in [-0.25, -0.2) is 0 Å². The van der Waals surface area contributed by atoms with E-state index in [1.165, 1.54) is 22.9 Å². The van der Waals surface area contributed by atoms with Crippen molar-refractivity contribution >= 4 is 17.8 Å². The zero-order valence-corrected chi connectivity index (χ0v) is 22.8. The van der Waals surface area contributed by atoms with Gasteiger partial charge in [-0.15, -0.1) is 18.3 Å². The highest BCUT2D eigenvalue weighted by molar-refractivity contribution is 6.03. The van der Waals surface area contributed by atoms with Gasteiger partial charge in [0, 0.05) is 18.5 Å². The van der Waals surface area contributed by atoms with Crippen LogP contribution in [0, 0.1) is 0 Å². The molecule has 220 valence electrons. The Morgan fingerprint density at radius 2 is 1.67 bits per heavy atom. The number of alkyl halides is 3. The third kappa shape index (κ3) is 8.32. The van der Waals surface area contributed by atoms with Crippen LogP contribution in [0.4, 0.5) is 19.1 Å². The number of aromatic hydroxyl groups is 1. The summed E-state index contributed by atoms with van der Waals surface area (Å²) in [5.74, 6) is -1.00. The zero-order chi connectivity index (χ0) is 30.1. The number of benzene rings is 3. The smallest absolute Gasteiger partial charge is 0.507 e. The number of carbonyl (C=O) groups is 2. The van der Waals surface area contributed by atoms with Gasteiger partial charge in [-0.05, 0) is 60.5 Å². The number of nitrogens with one attached hydrogen (secondary N) is 2. The lowest BCUT2D eigenvalue weighted by Gasteiger charge is -2.11. The lowest BCUT2D eigenvalue weighted by atomic mass is 10.1. The van der Waals surface area contributed by atoms with E-state index in [0.29, 0.717) is 24.1 Å².